The Balaban J connectivity index is 1.66. The van der Waals surface area contributed by atoms with E-state index in [2.05, 4.69) is 10.6 Å². The number of phenolic OH excluding ortho intramolecular Hbond substituents is 2. The molecule has 3 rings (SSSR count). The lowest BCUT2D eigenvalue weighted by Crippen LogP contribution is -2.40. The van der Waals surface area contributed by atoms with Crippen LogP contribution in [0.2, 0.25) is 0 Å². The van der Waals surface area contributed by atoms with E-state index in [1.54, 1.807) is 24.3 Å². The summed E-state index contributed by atoms with van der Waals surface area (Å²) in [5.74, 6) is 1.19. The minimum absolute atomic E-state index is 0.212. The maximum Gasteiger partial charge on any atom is 0.196 e. The summed E-state index contributed by atoms with van der Waals surface area (Å²) < 4.78 is 0. The van der Waals surface area contributed by atoms with Gasteiger partial charge in [0.05, 0.1) is 5.69 Å². The van der Waals surface area contributed by atoms with Crippen LogP contribution in [0.3, 0.4) is 0 Å². The predicted octanol–water partition coefficient (Wildman–Crippen LogP) is 4.03. The Kier molecular flexibility index (Phi) is 6.36. The summed E-state index contributed by atoms with van der Waals surface area (Å²) in [7, 11) is 0. The molecule has 0 aliphatic heterocycles. The number of hydrogen-bond donors (Lipinski definition) is 4. The molecule has 0 atom stereocenters. The fourth-order valence-electron chi connectivity index (χ4n) is 3.23. The number of rotatable bonds is 5. The molecular weight excluding hydrogens is 326 g/mol. The van der Waals surface area contributed by atoms with Gasteiger partial charge in [-0.2, -0.15) is 0 Å². The van der Waals surface area contributed by atoms with E-state index in [-0.39, 0.29) is 11.5 Å². The Morgan fingerprint density at radius 2 is 1.69 bits per heavy atom. The second-order valence-electron chi connectivity index (χ2n) is 6.77. The third kappa shape index (κ3) is 5.41. The van der Waals surface area contributed by atoms with Crippen molar-refractivity contribution in [1.82, 2.24) is 5.32 Å². The van der Waals surface area contributed by atoms with Gasteiger partial charge in [-0.05, 0) is 49.1 Å². The molecule has 0 bridgehead atoms. The van der Waals surface area contributed by atoms with Crippen molar-refractivity contribution in [3.63, 3.8) is 0 Å². The van der Waals surface area contributed by atoms with Gasteiger partial charge in [-0.3, -0.25) is 4.99 Å². The molecule has 138 valence electrons. The molecule has 0 aromatic heterocycles. The first-order chi connectivity index (χ1) is 12.7. The highest BCUT2D eigenvalue weighted by atomic mass is 16.3. The number of para-hydroxylation sites is 2. The van der Waals surface area contributed by atoms with Crippen molar-refractivity contribution in [3.05, 3.63) is 54.1 Å². The summed E-state index contributed by atoms with van der Waals surface area (Å²) in [5.41, 5.74) is 1.78. The third-order valence-corrected chi connectivity index (χ3v) is 4.71. The fourth-order valence-corrected chi connectivity index (χ4v) is 3.23. The summed E-state index contributed by atoms with van der Waals surface area (Å²) in [6.45, 7) is 0.625. The number of hydrogen-bond acceptors (Lipinski definition) is 3. The molecule has 5 heteroatoms. The van der Waals surface area contributed by atoms with Crippen LogP contribution in [-0.2, 0) is 6.42 Å². The van der Waals surface area contributed by atoms with E-state index in [1.807, 2.05) is 24.3 Å². The maximum atomic E-state index is 10.0. The molecule has 0 saturated heterocycles. The van der Waals surface area contributed by atoms with Crippen molar-refractivity contribution in [3.8, 4) is 11.5 Å². The third-order valence-electron chi connectivity index (χ3n) is 4.71. The largest absolute Gasteiger partial charge is 0.508 e. The minimum Gasteiger partial charge on any atom is -0.508 e. The van der Waals surface area contributed by atoms with Gasteiger partial charge in [0.25, 0.3) is 0 Å². The van der Waals surface area contributed by atoms with E-state index in [0.29, 0.717) is 24.2 Å². The molecule has 2 aromatic carbocycles. The molecule has 0 unspecified atom stereocenters. The van der Waals surface area contributed by atoms with Crippen LogP contribution >= 0.6 is 0 Å². The molecule has 26 heavy (non-hydrogen) atoms. The zero-order chi connectivity index (χ0) is 18.2. The lowest BCUT2D eigenvalue weighted by molar-refractivity contribution is 0.413. The van der Waals surface area contributed by atoms with E-state index in [9.17, 15) is 10.2 Å². The summed E-state index contributed by atoms with van der Waals surface area (Å²) in [4.78, 5) is 4.69. The highest BCUT2D eigenvalue weighted by molar-refractivity contribution is 5.95. The molecule has 4 N–H and O–H groups in total. The number of phenols is 2. The van der Waals surface area contributed by atoms with E-state index < -0.39 is 0 Å². The lowest BCUT2D eigenvalue weighted by atomic mass is 9.96. The van der Waals surface area contributed by atoms with Crippen molar-refractivity contribution >= 4 is 11.6 Å². The van der Waals surface area contributed by atoms with Gasteiger partial charge in [0.1, 0.15) is 11.5 Å². The van der Waals surface area contributed by atoms with Crippen LogP contribution < -0.4 is 10.6 Å². The Bertz CT molecular complexity index is 722. The molecule has 1 aliphatic carbocycles. The molecule has 1 saturated carbocycles. The second kappa shape index (κ2) is 9.13. The van der Waals surface area contributed by atoms with Gasteiger partial charge >= 0.3 is 0 Å². The Morgan fingerprint density at radius 3 is 2.42 bits per heavy atom. The van der Waals surface area contributed by atoms with Gasteiger partial charge in [-0.1, -0.05) is 43.5 Å². The summed E-state index contributed by atoms with van der Waals surface area (Å²) in [6.07, 6.45) is 6.89. The van der Waals surface area contributed by atoms with E-state index in [4.69, 9.17) is 4.99 Å². The quantitative estimate of drug-likeness (QED) is 0.372. The number of nitrogens with zero attached hydrogens (tertiary/aromatic N) is 1. The minimum atomic E-state index is 0.212. The molecule has 0 heterocycles. The van der Waals surface area contributed by atoms with Gasteiger partial charge in [0.2, 0.25) is 0 Å². The molecule has 0 radical (unpaired) electrons. The van der Waals surface area contributed by atoms with Crippen molar-refractivity contribution in [2.75, 3.05) is 11.9 Å². The van der Waals surface area contributed by atoms with Crippen molar-refractivity contribution in [1.29, 1.82) is 0 Å². The summed E-state index contributed by atoms with van der Waals surface area (Å²) in [6, 6.07) is 14.8. The first-order valence-electron chi connectivity index (χ1n) is 9.34. The number of anilines is 1. The first kappa shape index (κ1) is 18.1. The average molecular weight is 353 g/mol. The van der Waals surface area contributed by atoms with Crippen LogP contribution in [0.4, 0.5) is 5.69 Å². The Hall–Kier alpha value is -2.69. The predicted molar refractivity (Wildman–Crippen MR) is 106 cm³/mol. The highest BCUT2D eigenvalue weighted by Crippen LogP contribution is 2.22. The van der Waals surface area contributed by atoms with Gasteiger partial charge in [0, 0.05) is 12.6 Å². The normalized spacial score (nSPS) is 15.6. The van der Waals surface area contributed by atoms with Crippen LogP contribution in [0, 0.1) is 0 Å². The van der Waals surface area contributed by atoms with Crippen LogP contribution in [0.1, 0.15) is 37.7 Å². The number of aromatic hydroxyl groups is 2. The zero-order valence-corrected chi connectivity index (χ0v) is 15.0. The van der Waals surface area contributed by atoms with Gasteiger partial charge in [0.15, 0.2) is 5.96 Å². The lowest BCUT2D eigenvalue weighted by Gasteiger charge is -2.25. The van der Waals surface area contributed by atoms with Crippen molar-refractivity contribution < 1.29 is 10.2 Å². The van der Waals surface area contributed by atoms with Gasteiger partial charge in [-0.25, -0.2) is 0 Å². The van der Waals surface area contributed by atoms with Crippen molar-refractivity contribution in [2.24, 2.45) is 4.99 Å². The number of guanidine groups is 1. The number of benzene rings is 2. The van der Waals surface area contributed by atoms with E-state index in [1.165, 1.54) is 19.3 Å². The topological polar surface area (TPSA) is 76.9 Å². The average Bonchev–Trinajstić information content (AvgIpc) is 2.66. The van der Waals surface area contributed by atoms with Crippen molar-refractivity contribution in [2.45, 2.75) is 44.6 Å². The summed E-state index contributed by atoms with van der Waals surface area (Å²) >= 11 is 0. The van der Waals surface area contributed by atoms with Gasteiger partial charge in [-0.15, -0.1) is 0 Å². The fraction of sp³-hybridized carbons (Fsp3) is 0.381. The smallest absolute Gasteiger partial charge is 0.196 e. The van der Waals surface area contributed by atoms with Crippen LogP contribution in [0.5, 0.6) is 11.5 Å². The number of aliphatic imine (C=N–C) groups is 1. The molecule has 0 spiro atoms. The zero-order valence-electron chi connectivity index (χ0n) is 15.0. The standard InChI is InChI=1S/C21H27N3O2/c25-18-12-10-16(11-13-18)14-15-22-21(23-17-6-2-1-3-7-17)24-19-8-4-5-9-20(19)26/h4-5,8-13,17,25-26H,1-3,6-7,14-15H2,(H2,22,23,24). The second-order valence-corrected chi connectivity index (χ2v) is 6.77. The van der Waals surface area contributed by atoms with Gasteiger partial charge < -0.3 is 20.8 Å². The number of nitrogens with one attached hydrogen (secondary N) is 2. The molecule has 1 fully saturated rings. The SMILES string of the molecule is Oc1ccc(CCN=C(Nc2ccccc2O)NC2CCCCC2)cc1. The monoisotopic (exact) mass is 353 g/mol. The van der Waals surface area contributed by atoms with Crippen LogP contribution in [0.25, 0.3) is 0 Å². The molecule has 0 amide bonds. The Labute approximate surface area is 154 Å². The first-order valence-corrected chi connectivity index (χ1v) is 9.34. The van der Waals surface area contributed by atoms with Crippen LogP contribution in [0.15, 0.2) is 53.5 Å². The van der Waals surface area contributed by atoms with E-state index in [0.717, 1.165) is 24.8 Å². The van der Waals surface area contributed by atoms with E-state index >= 15 is 0 Å². The summed E-state index contributed by atoms with van der Waals surface area (Å²) in [5, 5.41) is 26.2. The van der Waals surface area contributed by atoms with Crippen LogP contribution in [-0.4, -0.2) is 28.8 Å². The highest BCUT2D eigenvalue weighted by Gasteiger charge is 2.15. The molecule has 5 nitrogen and oxygen atoms in total. The molecule has 2 aromatic rings. The molecule has 1 aliphatic rings. The molecular formula is C21H27N3O2. The maximum absolute atomic E-state index is 10.0. The Morgan fingerprint density at radius 1 is 0.962 bits per heavy atom.